The molecule has 0 aliphatic rings. The summed E-state index contributed by atoms with van der Waals surface area (Å²) in [5.74, 6) is 0.937. The zero-order valence-corrected chi connectivity index (χ0v) is 12.3. The molecule has 0 saturated heterocycles. The molecule has 1 N–H and O–H groups in total. The third kappa shape index (κ3) is 4.56. The Morgan fingerprint density at radius 1 is 0.944 bits per heavy atom. The van der Waals surface area contributed by atoms with E-state index in [0.717, 1.165) is 31.0 Å². The van der Waals surface area contributed by atoms with Gasteiger partial charge in [-0.25, -0.2) is 0 Å². The van der Waals surface area contributed by atoms with E-state index in [0.29, 0.717) is 0 Å². The lowest BCUT2D eigenvalue weighted by molar-refractivity contribution is 0.315. The minimum atomic E-state index is 0.737. The second-order valence-electron chi connectivity index (χ2n) is 3.95. The maximum Gasteiger partial charge on any atom is 0.119 e. The van der Waals surface area contributed by atoms with E-state index in [-0.39, 0.29) is 0 Å². The van der Waals surface area contributed by atoms with Crippen LogP contribution >= 0.6 is 22.6 Å². The number of para-hydroxylation sites is 1. The van der Waals surface area contributed by atoms with Gasteiger partial charge in [0.05, 0.1) is 6.61 Å². The van der Waals surface area contributed by atoms with Crippen LogP contribution in [0.4, 0.5) is 5.69 Å². The molecule has 0 aliphatic heterocycles. The van der Waals surface area contributed by atoms with Crippen LogP contribution in [0.2, 0.25) is 0 Å². The van der Waals surface area contributed by atoms with Crippen molar-refractivity contribution in [3.63, 3.8) is 0 Å². The molecule has 3 heteroatoms. The largest absolute Gasteiger partial charge is 0.494 e. The molecule has 0 aromatic heterocycles. The van der Waals surface area contributed by atoms with Crippen LogP contribution in [0.25, 0.3) is 0 Å². The Kier molecular flexibility index (Phi) is 5.33. The summed E-state index contributed by atoms with van der Waals surface area (Å²) in [5.41, 5.74) is 1.16. The van der Waals surface area contributed by atoms with Crippen LogP contribution in [0.1, 0.15) is 6.42 Å². The van der Waals surface area contributed by atoms with E-state index in [1.807, 2.05) is 30.3 Å². The number of hydrogen-bond donors (Lipinski definition) is 1. The van der Waals surface area contributed by atoms with Crippen molar-refractivity contribution in [2.45, 2.75) is 6.42 Å². The van der Waals surface area contributed by atoms with Crippen molar-refractivity contribution in [1.82, 2.24) is 0 Å². The molecule has 0 aliphatic carbocycles. The Bertz CT molecular complexity index is 456. The van der Waals surface area contributed by atoms with Gasteiger partial charge in [0.1, 0.15) is 5.75 Å². The fraction of sp³-hybridized carbons (Fsp3) is 0.200. The SMILES string of the molecule is Ic1ccc(NCCCOc2ccccc2)cc1. The third-order valence-corrected chi connectivity index (χ3v) is 3.23. The summed E-state index contributed by atoms with van der Waals surface area (Å²) in [6.07, 6.45) is 0.987. The first kappa shape index (κ1) is 13.2. The standard InChI is InChI=1S/C15H16INO/c16-13-7-9-14(10-8-13)17-11-4-12-18-15-5-2-1-3-6-15/h1-3,5-10,17H,4,11-12H2. The highest BCUT2D eigenvalue weighted by atomic mass is 127. The van der Waals surface area contributed by atoms with Gasteiger partial charge in [-0.15, -0.1) is 0 Å². The van der Waals surface area contributed by atoms with Crippen LogP contribution in [0.3, 0.4) is 0 Å². The van der Waals surface area contributed by atoms with Crippen molar-refractivity contribution >= 4 is 28.3 Å². The number of ether oxygens (including phenoxy) is 1. The summed E-state index contributed by atoms with van der Waals surface area (Å²) < 4.78 is 6.88. The van der Waals surface area contributed by atoms with Gasteiger partial charge in [-0.2, -0.15) is 0 Å². The molecular formula is C15H16INO. The zero-order chi connectivity index (χ0) is 12.6. The van der Waals surface area contributed by atoms with E-state index in [1.54, 1.807) is 0 Å². The number of halogens is 1. The highest BCUT2D eigenvalue weighted by molar-refractivity contribution is 14.1. The van der Waals surface area contributed by atoms with Crippen molar-refractivity contribution in [2.75, 3.05) is 18.5 Å². The highest BCUT2D eigenvalue weighted by Gasteiger charge is 1.93. The first-order valence-electron chi connectivity index (χ1n) is 6.02. The molecule has 0 amide bonds. The van der Waals surface area contributed by atoms with Crippen molar-refractivity contribution in [3.05, 3.63) is 58.2 Å². The Hall–Kier alpha value is -1.23. The molecule has 0 atom stereocenters. The predicted octanol–water partition coefficient (Wildman–Crippen LogP) is 4.17. The molecule has 0 spiro atoms. The molecule has 18 heavy (non-hydrogen) atoms. The molecule has 0 saturated carbocycles. The predicted molar refractivity (Wildman–Crippen MR) is 84.2 cm³/mol. The summed E-state index contributed by atoms with van der Waals surface area (Å²) >= 11 is 2.31. The van der Waals surface area contributed by atoms with Gasteiger partial charge in [0.2, 0.25) is 0 Å². The van der Waals surface area contributed by atoms with Crippen molar-refractivity contribution in [2.24, 2.45) is 0 Å². The number of benzene rings is 2. The van der Waals surface area contributed by atoms with Crippen molar-refractivity contribution in [3.8, 4) is 5.75 Å². The summed E-state index contributed by atoms with van der Waals surface area (Å²) in [4.78, 5) is 0. The third-order valence-electron chi connectivity index (χ3n) is 2.51. The van der Waals surface area contributed by atoms with E-state index in [9.17, 15) is 0 Å². The topological polar surface area (TPSA) is 21.3 Å². The zero-order valence-electron chi connectivity index (χ0n) is 10.1. The Morgan fingerprint density at radius 3 is 2.39 bits per heavy atom. The molecule has 2 aromatic carbocycles. The first-order valence-corrected chi connectivity index (χ1v) is 7.10. The second kappa shape index (κ2) is 7.26. The van der Waals surface area contributed by atoms with Crippen molar-refractivity contribution < 1.29 is 4.74 Å². The van der Waals surface area contributed by atoms with Gasteiger partial charge < -0.3 is 10.1 Å². The summed E-state index contributed by atoms with van der Waals surface area (Å²) in [6, 6.07) is 18.3. The first-order chi connectivity index (χ1) is 8.84. The van der Waals surface area contributed by atoms with Crippen LogP contribution in [-0.4, -0.2) is 13.2 Å². The molecule has 0 unspecified atom stereocenters. The summed E-state index contributed by atoms with van der Waals surface area (Å²) in [7, 11) is 0. The average molecular weight is 353 g/mol. The average Bonchev–Trinajstić information content (AvgIpc) is 2.42. The van der Waals surface area contributed by atoms with Gasteiger partial charge >= 0.3 is 0 Å². The number of rotatable bonds is 6. The molecule has 0 fully saturated rings. The molecule has 2 aromatic rings. The van der Waals surface area contributed by atoms with Gasteiger partial charge in [-0.3, -0.25) is 0 Å². The van der Waals surface area contributed by atoms with E-state index in [1.165, 1.54) is 3.57 Å². The molecule has 0 bridgehead atoms. The Labute approximate surface area is 122 Å². The fourth-order valence-corrected chi connectivity index (χ4v) is 1.94. The minimum Gasteiger partial charge on any atom is -0.494 e. The van der Waals surface area contributed by atoms with Gasteiger partial charge in [0.25, 0.3) is 0 Å². The smallest absolute Gasteiger partial charge is 0.119 e. The van der Waals surface area contributed by atoms with E-state index >= 15 is 0 Å². The van der Waals surface area contributed by atoms with E-state index in [2.05, 4.69) is 52.2 Å². The normalized spacial score (nSPS) is 10.1. The fourth-order valence-electron chi connectivity index (χ4n) is 1.58. The quantitative estimate of drug-likeness (QED) is 0.622. The van der Waals surface area contributed by atoms with E-state index in [4.69, 9.17) is 4.74 Å². The van der Waals surface area contributed by atoms with Crippen molar-refractivity contribution in [1.29, 1.82) is 0 Å². The van der Waals surface area contributed by atoms with Gasteiger partial charge in [0.15, 0.2) is 0 Å². The van der Waals surface area contributed by atoms with E-state index < -0.39 is 0 Å². The lowest BCUT2D eigenvalue weighted by Crippen LogP contribution is -2.07. The van der Waals surface area contributed by atoms with Gasteiger partial charge in [-0.05, 0) is 65.4 Å². The van der Waals surface area contributed by atoms with Crippen LogP contribution in [0.5, 0.6) is 5.75 Å². The lowest BCUT2D eigenvalue weighted by Gasteiger charge is -2.08. The van der Waals surface area contributed by atoms with Gasteiger partial charge in [-0.1, -0.05) is 18.2 Å². The molecule has 2 nitrogen and oxygen atoms in total. The lowest BCUT2D eigenvalue weighted by atomic mass is 10.3. The van der Waals surface area contributed by atoms with Crippen LogP contribution in [0.15, 0.2) is 54.6 Å². The molecule has 2 rings (SSSR count). The number of hydrogen-bond acceptors (Lipinski definition) is 2. The molecule has 94 valence electrons. The Morgan fingerprint density at radius 2 is 1.67 bits per heavy atom. The summed E-state index contributed by atoms with van der Waals surface area (Å²) in [5, 5.41) is 3.37. The van der Waals surface area contributed by atoms with Crippen LogP contribution < -0.4 is 10.1 Å². The maximum absolute atomic E-state index is 5.62. The molecular weight excluding hydrogens is 337 g/mol. The second-order valence-corrected chi connectivity index (χ2v) is 5.19. The number of anilines is 1. The maximum atomic E-state index is 5.62. The van der Waals surface area contributed by atoms with Crippen LogP contribution in [-0.2, 0) is 0 Å². The molecule has 0 heterocycles. The highest BCUT2D eigenvalue weighted by Crippen LogP contribution is 2.11. The molecule has 0 radical (unpaired) electrons. The van der Waals surface area contributed by atoms with Gasteiger partial charge in [0, 0.05) is 15.8 Å². The monoisotopic (exact) mass is 353 g/mol. The summed E-state index contributed by atoms with van der Waals surface area (Å²) in [6.45, 7) is 1.66. The Balaban J connectivity index is 1.63. The number of nitrogens with one attached hydrogen (secondary N) is 1. The van der Waals surface area contributed by atoms with Crippen LogP contribution in [0, 0.1) is 3.57 Å². The minimum absolute atomic E-state index is 0.737.